The Bertz CT molecular complexity index is 1390. The molecule has 0 spiro atoms. The number of carbonyl (C=O) groups excluding carboxylic acids is 4. The molecule has 1 aliphatic rings. The number of methoxy groups -OCH3 is 1. The third-order valence-electron chi connectivity index (χ3n) is 5.82. The van der Waals surface area contributed by atoms with Crippen molar-refractivity contribution in [3.8, 4) is 12.3 Å². The first-order valence-electron chi connectivity index (χ1n) is 11.8. The number of anilines is 1. The second-order valence-corrected chi connectivity index (χ2v) is 10.2. The van der Waals surface area contributed by atoms with E-state index in [1.807, 2.05) is 0 Å². The number of hydrogen-bond donors (Lipinski definition) is 0. The summed E-state index contributed by atoms with van der Waals surface area (Å²) in [7, 11) is 1.21. The van der Waals surface area contributed by atoms with Gasteiger partial charge in [0, 0.05) is 21.6 Å². The van der Waals surface area contributed by atoms with E-state index in [9.17, 15) is 23.6 Å². The minimum Gasteiger partial charge on any atom is -0.468 e. The highest BCUT2D eigenvalue weighted by Gasteiger charge is 2.35. The average molecular weight is 576 g/mol. The first-order valence-corrected chi connectivity index (χ1v) is 13.0. The molecule has 204 valence electrons. The fourth-order valence-electron chi connectivity index (χ4n) is 3.94. The van der Waals surface area contributed by atoms with E-state index in [0.29, 0.717) is 17.7 Å². The molecule has 0 saturated heterocycles. The number of imide groups is 1. The van der Waals surface area contributed by atoms with Crippen molar-refractivity contribution in [3.05, 3.63) is 69.8 Å². The lowest BCUT2D eigenvalue weighted by atomic mass is 9.90. The summed E-state index contributed by atoms with van der Waals surface area (Å²) >= 11 is 7.15. The van der Waals surface area contributed by atoms with Crippen LogP contribution in [0, 0.1) is 24.0 Å². The molecule has 0 N–H and O–H groups in total. The van der Waals surface area contributed by atoms with Crippen molar-refractivity contribution in [1.29, 1.82) is 0 Å². The zero-order valence-electron chi connectivity index (χ0n) is 21.1. The van der Waals surface area contributed by atoms with E-state index in [0.717, 1.165) is 36.0 Å². The van der Waals surface area contributed by atoms with Crippen LogP contribution in [-0.4, -0.2) is 42.7 Å². The number of halogens is 3. The average Bonchev–Trinajstić information content (AvgIpc) is 2.93. The number of thioether (sulfide) groups is 1. The zero-order chi connectivity index (χ0) is 28.7. The molecule has 2 amide bonds. The van der Waals surface area contributed by atoms with Crippen LogP contribution in [0.3, 0.4) is 0 Å². The predicted molar refractivity (Wildman–Crippen MR) is 142 cm³/mol. The Kier molecular flexibility index (Phi) is 10.3. The van der Waals surface area contributed by atoms with Gasteiger partial charge in [-0.3, -0.25) is 14.4 Å². The molecular formula is C28H24ClF2NO6S. The number of esters is 2. The molecule has 1 unspecified atom stereocenters. The highest BCUT2D eigenvalue weighted by Crippen LogP contribution is 2.38. The van der Waals surface area contributed by atoms with Gasteiger partial charge >= 0.3 is 11.9 Å². The van der Waals surface area contributed by atoms with E-state index < -0.39 is 46.3 Å². The number of carbonyl (C=O) groups is 4. The fourth-order valence-corrected chi connectivity index (χ4v) is 5.15. The molecule has 11 heteroatoms. The minimum atomic E-state index is -1.04. The summed E-state index contributed by atoms with van der Waals surface area (Å²) in [5, 5.41) is -0.828. The van der Waals surface area contributed by atoms with E-state index in [1.54, 1.807) is 0 Å². The number of terminal acetylenes is 1. The quantitative estimate of drug-likeness (QED) is 0.178. The highest BCUT2D eigenvalue weighted by atomic mass is 35.5. The van der Waals surface area contributed by atoms with Gasteiger partial charge in [0.1, 0.15) is 16.9 Å². The number of nitrogens with zero attached hydrogens (tertiary/aromatic N) is 1. The third-order valence-corrected chi connectivity index (χ3v) is 7.38. The molecule has 0 heterocycles. The second kappa shape index (κ2) is 13.4. The van der Waals surface area contributed by atoms with Gasteiger partial charge in [-0.1, -0.05) is 23.6 Å². The number of hydrogen-bond acceptors (Lipinski definition) is 7. The SMILES string of the molecule is C#CCOC(=O)C1=C(C(=O)N(C(=O)c2cccc(F)c2)c2cc(SC(C)C(=O)OC)c(Cl)cc2F)CCCC1. The Labute approximate surface area is 233 Å². The zero-order valence-corrected chi connectivity index (χ0v) is 22.7. The maximum absolute atomic E-state index is 15.4. The molecule has 0 radical (unpaired) electrons. The Balaban J connectivity index is 2.18. The van der Waals surface area contributed by atoms with Gasteiger partial charge in [0.05, 0.1) is 17.8 Å². The van der Waals surface area contributed by atoms with Crippen LogP contribution in [0.15, 0.2) is 52.4 Å². The predicted octanol–water partition coefficient (Wildman–Crippen LogP) is 5.49. The third kappa shape index (κ3) is 7.05. The molecule has 1 aliphatic carbocycles. The molecule has 3 rings (SSSR count). The van der Waals surface area contributed by atoms with Crippen molar-refractivity contribution in [2.24, 2.45) is 0 Å². The lowest BCUT2D eigenvalue weighted by Crippen LogP contribution is -2.40. The Morgan fingerprint density at radius 3 is 2.44 bits per heavy atom. The van der Waals surface area contributed by atoms with Crippen molar-refractivity contribution < 1.29 is 37.4 Å². The molecule has 1 atom stereocenters. The van der Waals surface area contributed by atoms with Gasteiger partial charge in [-0.2, -0.15) is 0 Å². The summed E-state index contributed by atoms with van der Waals surface area (Å²) in [4.78, 5) is 52.9. The topological polar surface area (TPSA) is 90.0 Å². The molecule has 0 fully saturated rings. The lowest BCUT2D eigenvalue weighted by molar-refractivity contribution is -0.140. The molecule has 0 saturated carbocycles. The van der Waals surface area contributed by atoms with Crippen molar-refractivity contribution in [1.82, 2.24) is 0 Å². The largest absolute Gasteiger partial charge is 0.468 e. The molecule has 7 nitrogen and oxygen atoms in total. The Hall–Kier alpha value is -3.68. The minimum absolute atomic E-state index is 0.0295. The summed E-state index contributed by atoms with van der Waals surface area (Å²) < 4.78 is 39.2. The summed E-state index contributed by atoms with van der Waals surface area (Å²) in [5.74, 6) is -3.00. The van der Waals surface area contributed by atoms with Gasteiger partial charge in [0.25, 0.3) is 11.8 Å². The van der Waals surface area contributed by atoms with E-state index >= 15 is 4.39 Å². The van der Waals surface area contributed by atoms with Gasteiger partial charge in [-0.15, -0.1) is 18.2 Å². The highest BCUT2D eigenvalue weighted by molar-refractivity contribution is 8.00. The van der Waals surface area contributed by atoms with Crippen LogP contribution in [-0.2, 0) is 23.9 Å². The smallest absolute Gasteiger partial charge is 0.335 e. The maximum Gasteiger partial charge on any atom is 0.335 e. The molecular weight excluding hydrogens is 552 g/mol. The van der Waals surface area contributed by atoms with Gasteiger partial charge in [-0.25, -0.2) is 18.5 Å². The molecule has 2 aromatic rings. The van der Waals surface area contributed by atoms with Crippen LogP contribution >= 0.6 is 23.4 Å². The van der Waals surface area contributed by atoms with Crippen LogP contribution in [0.25, 0.3) is 0 Å². The van der Waals surface area contributed by atoms with Crippen LogP contribution in [0.5, 0.6) is 0 Å². The number of benzene rings is 2. The molecule has 0 aliphatic heterocycles. The van der Waals surface area contributed by atoms with E-state index in [1.165, 1.54) is 26.2 Å². The van der Waals surface area contributed by atoms with Crippen molar-refractivity contribution in [3.63, 3.8) is 0 Å². The van der Waals surface area contributed by atoms with Crippen molar-refractivity contribution in [2.75, 3.05) is 18.6 Å². The first kappa shape index (κ1) is 29.9. The normalized spacial score (nSPS) is 13.7. The molecule has 2 aromatic carbocycles. The Morgan fingerprint density at radius 1 is 1.10 bits per heavy atom. The first-order chi connectivity index (χ1) is 18.6. The van der Waals surface area contributed by atoms with Gasteiger partial charge in [-0.05, 0) is 62.9 Å². The van der Waals surface area contributed by atoms with Gasteiger partial charge in [0.2, 0.25) is 0 Å². The van der Waals surface area contributed by atoms with E-state index in [-0.39, 0.29) is 46.1 Å². The van der Waals surface area contributed by atoms with Crippen LogP contribution in [0.1, 0.15) is 43.0 Å². The summed E-state index contributed by atoms with van der Waals surface area (Å²) in [6.45, 7) is 1.22. The number of amides is 2. The molecule has 39 heavy (non-hydrogen) atoms. The monoisotopic (exact) mass is 575 g/mol. The van der Waals surface area contributed by atoms with Crippen molar-refractivity contribution in [2.45, 2.75) is 42.8 Å². The maximum atomic E-state index is 15.4. The fraction of sp³-hybridized carbons (Fsp3) is 0.286. The number of rotatable bonds is 8. The lowest BCUT2D eigenvalue weighted by Gasteiger charge is -2.26. The van der Waals surface area contributed by atoms with Gasteiger partial charge in [0.15, 0.2) is 6.61 Å². The summed E-state index contributed by atoms with van der Waals surface area (Å²) in [6, 6.07) is 6.61. The summed E-state index contributed by atoms with van der Waals surface area (Å²) in [6.07, 6.45) is 6.57. The van der Waals surface area contributed by atoms with Crippen LogP contribution < -0.4 is 4.90 Å². The van der Waals surface area contributed by atoms with Crippen LogP contribution in [0.4, 0.5) is 14.5 Å². The van der Waals surface area contributed by atoms with Crippen LogP contribution in [0.2, 0.25) is 5.02 Å². The Morgan fingerprint density at radius 2 is 1.79 bits per heavy atom. The number of ether oxygens (including phenoxy) is 2. The molecule has 0 bridgehead atoms. The molecule has 0 aromatic heterocycles. The second-order valence-electron chi connectivity index (χ2n) is 8.42. The summed E-state index contributed by atoms with van der Waals surface area (Å²) in [5.41, 5.74) is -0.739. The van der Waals surface area contributed by atoms with E-state index in [2.05, 4.69) is 5.92 Å². The van der Waals surface area contributed by atoms with Crippen molar-refractivity contribution >= 4 is 52.8 Å². The standard InChI is InChI=1S/C28H24ClF2NO6S/c1-4-12-38-28(36)20-11-6-5-10-19(20)26(34)32(25(33)17-8-7-9-18(30)13-17)23-15-24(21(29)14-22(23)31)39-16(2)27(35)37-3/h1,7-9,13-16H,5-6,10-12H2,2-3H3. The van der Waals surface area contributed by atoms with E-state index in [4.69, 9.17) is 27.5 Å². The van der Waals surface area contributed by atoms with Gasteiger partial charge < -0.3 is 9.47 Å².